The van der Waals surface area contributed by atoms with Crippen molar-refractivity contribution in [3.8, 4) is 5.75 Å². The van der Waals surface area contributed by atoms with Crippen LogP contribution in [0.4, 0.5) is 16.2 Å². The number of aryl methyl sites for hydroxylation is 2. The van der Waals surface area contributed by atoms with Gasteiger partial charge in [0.05, 0.1) is 20.2 Å². The van der Waals surface area contributed by atoms with E-state index in [2.05, 4.69) is 26.6 Å². The standard InChI is InChI=1S/C27H20BrCl2N3O5/c1-14-3-6-18(9-15(14)2)33-26(36)19(25(35)32-27(33)37)10-16-4-8-23(20(28)11-16)38-13-24(34)31-17-5-7-21(29)22(30)12-17/h3-12H,13H2,1-2H3,(H,31,34)(H,32,35,37)/b19-10-. The zero-order valence-corrected chi connectivity index (χ0v) is 23.2. The number of imide groups is 2. The molecular weight excluding hydrogens is 597 g/mol. The molecule has 5 amide bonds. The number of amides is 5. The molecule has 4 rings (SSSR count). The summed E-state index contributed by atoms with van der Waals surface area (Å²) >= 11 is 15.2. The summed E-state index contributed by atoms with van der Waals surface area (Å²) in [5, 5.41) is 5.55. The van der Waals surface area contributed by atoms with Crippen molar-refractivity contribution < 1.29 is 23.9 Å². The van der Waals surface area contributed by atoms with Crippen molar-refractivity contribution in [2.75, 3.05) is 16.8 Å². The van der Waals surface area contributed by atoms with E-state index in [1.807, 2.05) is 13.8 Å². The Balaban J connectivity index is 1.48. The molecule has 194 valence electrons. The van der Waals surface area contributed by atoms with Gasteiger partial charge in [0.15, 0.2) is 6.61 Å². The van der Waals surface area contributed by atoms with Gasteiger partial charge in [0.2, 0.25) is 0 Å². The van der Waals surface area contributed by atoms with Crippen LogP contribution in [0.5, 0.6) is 5.75 Å². The number of anilines is 2. The van der Waals surface area contributed by atoms with Crippen LogP contribution in [0, 0.1) is 13.8 Å². The van der Waals surface area contributed by atoms with Crippen LogP contribution >= 0.6 is 39.1 Å². The van der Waals surface area contributed by atoms with Gasteiger partial charge in [-0.3, -0.25) is 19.7 Å². The highest BCUT2D eigenvalue weighted by atomic mass is 79.9. The number of barbiturate groups is 1. The Bertz CT molecular complexity index is 1520. The van der Waals surface area contributed by atoms with Crippen molar-refractivity contribution in [2.24, 2.45) is 0 Å². The molecule has 3 aromatic carbocycles. The van der Waals surface area contributed by atoms with E-state index < -0.39 is 23.8 Å². The van der Waals surface area contributed by atoms with Crippen molar-refractivity contribution in [3.05, 3.63) is 91.4 Å². The fraction of sp³-hybridized carbons (Fsp3) is 0.111. The maximum atomic E-state index is 13.1. The van der Waals surface area contributed by atoms with Crippen LogP contribution in [0.15, 0.2) is 64.6 Å². The molecule has 0 radical (unpaired) electrons. The van der Waals surface area contributed by atoms with Gasteiger partial charge in [-0.15, -0.1) is 0 Å². The van der Waals surface area contributed by atoms with Crippen LogP contribution < -0.4 is 20.3 Å². The minimum Gasteiger partial charge on any atom is -0.483 e. The number of benzene rings is 3. The van der Waals surface area contributed by atoms with Gasteiger partial charge in [-0.1, -0.05) is 35.3 Å². The number of halogens is 3. The lowest BCUT2D eigenvalue weighted by Gasteiger charge is -2.26. The lowest BCUT2D eigenvalue weighted by molar-refractivity contribution is -0.122. The smallest absolute Gasteiger partial charge is 0.335 e. The largest absolute Gasteiger partial charge is 0.483 e. The topological polar surface area (TPSA) is 105 Å². The number of rotatable bonds is 6. The fourth-order valence-corrected chi connectivity index (χ4v) is 4.37. The predicted molar refractivity (Wildman–Crippen MR) is 150 cm³/mol. The number of hydrogen-bond donors (Lipinski definition) is 2. The van der Waals surface area contributed by atoms with Gasteiger partial charge in [0.25, 0.3) is 17.7 Å². The van der Waals surface area contributed by atoms with E-state index in [1.165, 1.54) is 12.1 Å². The highest BCUT2D eigenvalue weighted by Gasteiger charge is 2.36. The lowest BCUT2D eigenvalue weighted by Crippen LogP contribution is -2.54. The summed E-state index contributed by atoms with van der Waals surface area (Å²) in [4.78, 5) is 51.3. The van der Waals surface area contributed by atoms with E-state index in [4.69, 9.17) is 27.9 Å². The molecule has 1 saturated heterocycles. The maximum absolute atomic E-state index is 13.1. The summed E-state index contributed by atoms with van der Waals surface area (Å²) in [5.74, 6) is -1.59. The monoisotopic (exact) mass is 615 g/mol. The number of carbonyl (C=O) groups is 4. The maximum Gasteiger partial charge on any atom is 0.335 e. The Hall–Kier alpha value is -3.66. The summed E-state index contributed by atoms with van der Waals surface area (Å²) in [6, 6.07) is 13.9. The van der Waals surface area contributed by atoms with Crippen molar-refractivity contribution in [1.29, 1.82) is 0 Å². The summed E-state index contributed by atoms with van der Waals surface area (Å²) in [6.07, 6.45) is 1.38. The van der Waals surface area contributed by atoms with Crippen LogP contribution in [-0.2, 0) is 14.4 Å². The molecule has 0 saturated carbocycles. The minimum absolute atomic E-state index is 0.204. The van der Waals surface area contributed by atoms with Crippen LogP contribution in [0.2, 0.25) is 10.0 Å². The van der Waals surface area contributed by atoms with E-state index >= 15 is 0 Å². The third kappa shape index (κ3) is 6.07. The Labute approximate surface area is 236 Å². The number of carbonyl (C=O) groups excluding carboxylic acids is 4. The third-order valence-corrected chi connectivity index (χ3v) is 7.04. The van der Waals surface area contributed by atoms with E-state index in [1.54, 1.807) is 48.5 Å². The average Bonchev–Trinajstić information content (AvgIpc) is 2.85. The summed E-state index contributed by atoms with van der Waals surface area (Å²) in [7, 11) is 0. The molecule has 38 heavy (non-hydrogen) atoms. The first-order chi connectivity index (χ1) is 18.0. The van der Waals surface area contributed by atoms with Crippen LogP contribution in [0.25, 0.3) is 6.08 Å². The molecule has 1 aliphatic heterocycles. The Morgan fingerprint density at radius 2 is 1.76 bits per heavy atom. The predicted octanol–water partition coefficient (Wildman–Crippen LogP) is 6.06. The van der Waals surface area contributed by atoms with Gasteiger partial charge in [0, 0.05) is 5.69 Å². The van der Waals surface area contributed by atoms with E-state index in [0.29, 0.717) is 37.2 Å². The number of nitrogens with zero attached hydrogens (tertiary/aromatic N) is 1. The molecule has 1 heterocycles. The number of nitrogens with one attached hydrogen (secondary N) is 2. The molecule has 0 spiro atoms. The molecule has 3 aromatic rings. The molecule has 1 aliphatic rings. The third-order valence-electron chi connectivity index (χ3n) is 5.68. The highest BCUT2D eigenvalue weighted by molar-refractivity contribution is 9.10. The zero-order valence-electron chi connectivity index (χ0n) is 20.1. The second-order valence-electron chi connectivity index (χ2n) is 8.38. The Morgan fingerprint density at radius 1 is 1.00 bits per heavy atom. The molecule has 8 nitrogen and oxygen atoms in total. The summed E-state index contributed by atoms with van der Waals surface area (Å²) in [6.45, 7) is 3.50. The van der Waals surface area contributed by atoms with Crippen LogP contribution in [-0.4, -0.2) is 30.4 Å². The van der Waals surface area contributed by atoms with Gasteiger partial charge in [0.1, 0.15) is 11.3 Å². The highest BCUT2D eigenvalue weighted by Crippen LogP contribution is 2.29. The molecule has 0 unspecified atom stereocenters. The molecule has 0 aromatic heterocycles. The first kappa shape index (κ1) is 27.4. The van der Waals surface area contributed by atoms with Gasteiger partial charge >= 0.3 is 6.03 Å². The van der Waals surface area contributed by atoms with E-state index in [9.17, 15) is 19.2 Å². The fourth-order valence-electron chi connectivity index (χ4n) is 3.56. The first-order valence-electron chi connectivity index (χ1n) is 11.2. The second-order valence-corrected chi connectivity index (χ2v) is 10.1. The molecule has 0 atom stereocenters. The van der Waals surface area contributed by atoms with Crippen molar-refractivity contribution in [1.82, 2.24) is 5.32 Å². The Morgan fingerprint density at radius 3 is 2.45 bits per heavy atom. The van der Waals surface area contributed by atoms with Crippen molar-refractivity contribution in [2.45, 2.75) is 13.8 Å². The molecule has 1 fully saturated rings. The summed E-state index contributed by atoms with van der Waals surface area (Å²) < 4.78 is 6.07. The minimum atomic E-state index is -0.815. The second kappa shape index (κ2) is 11.4. The molecule has 0 aliphatic carbocycles. The molecule has 0 bridgehead atoms. The average molecular weight is 617 g/mol. The van der Waals surface area contributed by atoms with Crippen molar-refractivity contribution in [3.63, 3.8) is 0 Å². The number of ether oxygens (including phenoxy) is 1. The van der Waals surface area contributed by atoms with Gasteiger partial charge in [-0.2, -0.15) is 0 Å². The van der Waals surface area contributed by atoms with Crippen molar-refractivity contribution >= 4 is 80.3 Å². The van der Waals surface area contributed by atoms with E-state index in [-0.39, 0.29) is 12.2 Å². The zero-order chi connectivity index (χ0) is 27.6. The van der Waals surface area contributed by atoms with Crippen LogP contribution in [0.3, 0.4) is 0 Å². The normalized spacial score (nSPS) is 14.5. The van der Waals surface area contributed by atoms with Gasteiger partial charge in [-0.05, 0) is 95.0 Å². The van der Waals surface area contributed by atoms with Gasteiger partial charge in [-0.25, -0.2) is 9.69 Å². The van der Waals surface area contributed by atoms with Crippen LogP contribution in [0.1, 0.15) is 16.7 Å². The number of urea groups is 1. The van der Waals surface area contributed by atoms with Gasteiger partial charge < -0.3 is 10.1 Å². The molecule has 2 N–H and O–H groups in total. The summed E-state index contributed by atoms with van der Waals surface area (Å²) in [5.41, 5.74) is 3.03. The first-order valence-corrected chi connectivity index (χ1v) is 12.7. The lowest BCUT2D eigenvalue weighted by atomic mass is 10.1. The molecular formula is C27H20BrCl2N3O5. The quantitative estimate of drug-likeness (QED) is 0.259. The SMILES string of the molecule is Cc1ccc(N2C(=O)NC(=O)/C(=C/c3ccc(OCC(=O)Nc4ccc(Cl)c(Cl)c4)c(Br)c3)C2=O)cc1C. The molecule has 11 heteroatoms. The Kier molecular flexibility index (Phi) is 8.20. The van der Waals surface area contributed by atoms with E-state index in [0.717, 1.165) is 16.0 Å². The number of hydrogen-bond acceptors (Lipinski definition) is 5.